The Morgan fingerprint density at radius 2 is 1.95 bits per heavy atom. The highest BCUT2D eigenvalue weighted by Crippen LogP contribution is 2.35. The summed E-state index contributed by atoms with van der Waals surface area (Å²) < 4.78 is 11.9. The summed E-state index contributed by atoms with van der Waals surface area (Å²) in [5.41, 5.74) is 2.38. The van der Waals surface area contributed by atoms with E-state index < -0.39 is 0 Å². The number of rotatable bonds is 4. The fraction of sp³-hybridized carbons (Fsp3) is 0.200. The number of halogens is 1. The average molecular weight is 320 g/mol. The van der Waals surface area contributed by atoms with Crippen molar-refractivity contribution in [2.45, 2.75) is 13.1 Å². The van der Waals surface area contributed by atoms with Crippen LogP contribution < -0.4 is 14.8 Å². The van der Waals surface area contributed by atoms with E-state index in [1.54, 1.807) is 0 Å². The molecular formula is C15H14BrNO2. The number of hydrogen-bond acceptors (Lipinski definition) is 3. The summed E-state index contributed by atoms with van der Waals surface area (Å²) in [6, 6.07) is 14.3. The van der Waals surface area contributed by atoms with Crippen LogP contribution in [0.2, 0.25) is 0 Å². The Balaban J connectivity index is 1.63. The third kappa shape index (κ3) is 2.91. The Hall–Kier alpha value is -1.52. The van der Waals surface area contributed by atoms with Crippen molar-refractivity contribution < 1.29 is 9.47 Å². The van der Waals surface area contributed by atoms with Crippen LogP contribution in [-0.2, 0) is 13.1 Å². The minimum absolute atomic E-state index is 0.317. The second kappa shape index (κ2) is 5.63. The highest BCUT2D eigenvalue weighted by Gasteiger charge is 2.16. The summed E-state index contributed by atoms with van der Waals surface area (Å²) in [6.45, 7) is 1.90. The van der Waals surface area contributed by atoms with Gasteiger partial charge in [-0.25, -0.2) is 0 Å². The molecule has 1 heterocycles. The zero-order chi connectivity index (χ0) is 13.1. The van der Waals surface area contributed by atoms with Crippen LogP contribution in [0.25, 0.3) is 0 Å². The largest absolute Gasteiger partial charge is 0.454 e. The summed E-state index contributed by atoms with van der Waals surface area (Å²) in [5.74, 6) is 1.70. The molecule has 3 nitrogen and oxygen atoms in total. The normalized spacial score (nSPS) is 12.7. The lowest BCUT2D eigenvalue weighted by atomic mass is 10.1. The molecule has 0 atom stereocenters. The lowest BCUT2D eigenvalue weighted by Gasteiger charge is -2.08. The van der Waals surface area contributed by atoms with Gasteiger partial charge in [-0.3, -0.25) is 0 Å². The van der Waals surface area contributed by atoms with Crippen molar-refractivity contribution >= 4 is 15.9 Å². The molecule has 2 aromatic rings. The molecule has 2 aromatic carbocycles. The molecule has 1 aliphatic heterocycles. The Bertz CT molecular complexity index is 586. The van der Waals surface area contributed by atoms with Gasteiger partial charge in [0.25, 0.3) is 0 Å². The summed E-state index contributed by atoms with van der Waals surface area (Å²) >= 11 is 3.48. The van der Waals surface area contributed by atoms with E-state index in [0.29, 0.717) is 6.79 Å². The van der Waals surface area contributed by atoms with Crippen molar-refractivity contribution in [3.05, 3.63) is 58.1 Å². The molecule has 0 unspecified atom stereocenters. The maximum Gasteiger partial charge on any atom is 0.231 e. The zero-order valence-corrected chi connectivity index (χ0v) is 11.9. The predicted molar refractivity (Wildman–Crippen MR) is 77.3 cm³/mol. The van der Waals surface area contributed by atoms with E-state index in [0.717, 1.165) is 34.6 Å². The van der Waals surface area contributed by atoms with Crippen molar-refractivity contribution in [1.82, 2.24) is 5.32 Å². The van der Waals surface area contributed by atoms with Crippen LogP contribution in [0.1, 0.15) is 11.1 Å². The monoisotopic (exact) mass is 319 g/mol. The number of hydrogen-bond donors (Lipinski definition) is 1. The van der Waals surface area contributed by atoms with Crippen molar-refractivity contribution in [2.75, 3.05) is 6.79 Å². The molecule has 0 saturated heterocycles. The van der Waals surface area contributed by atoms with Crippen LogP contribution in [0.5, 0.6) is 11.5 Å². The van der Waals surface area contributed by atoms with Crippen LogP contribution in [0.3, 0.4) is 0 Å². The van der Waals surface area contributed by atoms with Crippen LogP contribution in [0, 0.1) is 0 Å². The Morgan fingerprint density at radius 3 is 2.84 bits per heavy atom. The Kier molecular flexibility index (Phi) is 3.71. The second-order valence-electron chi connectivity index (χ2n) is 4.38. The van der Waals surface area contributed by atoms with Crippen LogP contribution in [0.4, 0.5) is 0 Å². The first-order valence-corrected chi connectivity index (χ1v) is 6.95. The molecule has 1 aliphatic rings. The lowest BCUT2D eigenvalue weighted by Crippen LogP contribution is -2.13. The number of para-hydroxylation sites is 1. The number of nitrogens with one attached hydrogen (secondary N) is 1. The highest BCUT2D eigenvalue weighted by atomic mass is 79.9. The van der Waals surface area contributed by atoms with Gasteiger partial charge in [-0.15, -0.1) is 0 Å². The summed E-state index contributed by atoms with van der Waals surface area (Å²) in [4.78, 5) is 0. The van der Waals surface area contributed by atoms with Gasteiger partial charge in [-0.2, -0.15) is 0 Å². The minimum Gasteiger partial charge on any atom is -0.454 e. The predicted octanol–water partition coefficient (Wildman–Crippen LogP) is 3.47. The Morgan fingerprint density at radius 1 is 1.05 bits per heavy atom. The first-order valence-electron chi connectivity index (χ1n) is 6.15. The summed E-state index contributed by atoms with van der Waals surface area (Å²) in [6.07, 6.45) is 0. The molecule has 4 heteroatoms. The van der Waals surface area contributed by atoms with Gasteiger partial charge in [-0.05, 0) is 23.8 Å². The number of ether oxygens (including phenoxy) is 2. The maximum atomic E-state index is 5.48. The molecule has 19 heavy (non-hydrogen) atoms. The molecule has 0 fully saturated rings. The lowest BCUT2D eigenvalue weighted by molar-refractivity contribution is 0.173. The van der Waals surface area contributed by atoms with Gasteiger partial charge in [0.05, 0.1) is 0 Å². The van der Waals surface area contributed by atoms with Crippen molar-refractivity contribution in [3.8, 4) is 11.5 Å². The van der Waals surface area contributed by atoms with Crippen LogP contribution >= 0.6 is 15.9 Å². The van der Waals surface area contributed by atoms with Gasteiger partial charge in [-0.1, -0.05) is 40.2 Å². The van der Waals surface area contributed by atoms with Gasteiger partial charge < -0.3 is 14.8 Å². The molecule has 0 saturated carbocycles. The van der Waals surface area contributed by atoms with Crippen molar-refractivity contribution in [3.63, 3.8) is 0 Å². The van der Waals surface area contributed by atoms with E-state index in [2.05, 4.69) is 39.4 Å². The molecule has 0 radical (unpaired) electrons. The minimum atomic E-state index is 0.317. The molecule has 3 rings (SSSR count). The molecule has 1 N–H and O–H groups in total. The summed E-state index contributed by atoms with van der Waals surface area (Å²) in [5, 5.41) is 3.42. The van der Waals surface area contributed by atoms with E-state index in [1.807, 2.05) is 24.3 Å². The zero-order valence-electron chi connectivity index (χ0n) is 10.4. The first kappa shape index (κ1) is 12.5. The molecule has 0 amide bonds. The maximum absolute atomic E-state index is 5.48. The topological polar surface area (TPSA) is 30.5 Å². The van der Waals surface area contributed by atoms with Gasteiger partial charge in [0.1, 0.15) is 0 Å². The smallest absolute Gasteiger partial charge is 0.231 e. The van der Waals surface area contributed by atoms with E-state index in [4.69, 9.17) is 9.47 Å². The number of fused-ring (bicyclic) bond motifs is 1. The van der Waals surface area contributed by atoms with Gasteiger partial charge in [0.15, 0.2) is 11.5 Å². The molecule has 0 aliphatic carbocycles. The number of benzene rings is 2. The van der Waals surface area contributed by atoms with Crippen LogP contribution in [0.15, 0.2) is 46.9 Å². The average Bonchev–Trinajstić information content (AvgIpc) is 2.88. The Labute approximate surface area is 120 Å². The SMILES string of the molecule is Brc1cccc(CNCc2cccc3c2OCO3)c1. The van der Waals surface area contributed by atoms with E-state index in [-0.39, 0.29) is 0 Å². The standard InChI is InChI=1S/C15H14BrNO2/c16-13-5-1-3-11(7-13)8-17-9-12-4-2-6-14-15(12)19-10-18-14/h1-7,17H,8-10H2. The van der Waals surface area contributed by atoms with Crippen LogP contribution in [-0.4, -0.2) is 6.79 Å². The third-order valence-corrected chi connectivity index (χ3v) is 3.50. The molecule has 98 valence electrons. The van der Waals surface area contributed by atoms with E-state index in [9.17, 15) is 0 Å². The first-order chi connectivity index (χ1) is 9.33. The third-order valence-electron chi connectivity index (χ3n) is 3.01. The molecule has 0 bridgehead atoms. The van der Waals surface area contributed by atoms with Crippen molar-refractivity contribution in [1.29, 1.82) is 0 Å². The fourth-order valence-corrected chi connectivity index (χ4v) is 2.56. The highest BCUT2D eigenvalue weighted by molar-refractivity contribution is 9.10. The van der Waals surface area contributed by atoms with Crippen molar-refractivity contribution in [2.24, 2.45) is 0 Å². The van der Waals surface area contributed by atoms with E-state index in [1.165, 1.54) is 5.56 Å². The summed E-state index contributed by atoms with van der Waals surface area (Å²) in [7, 11) is 0. The fourth-order valence-electron chi connectivity index (χ4n) is 2.12. The van der Waals surface area contributed by atoms with Gasteiger partial charge in [0.2, 0.25) is 6.79 Å². The second-order valence-corrected chi connectivity index (χ2v) is 5.30. The van der Waals surface area contributed by atoms with Gasteiger partial charge in [0, 0.05) is 23.1 Å². The van der Waals surface area contributed by atoms with Gasteiger partial charge >= 0.3 is 0 Å². The molecule has 0 spiro atoms. The quantitative estimate of drug-likeness (QED) is 0.936. The van der Waals surface area contributed by atoms with E-state index >= 15 is 0 Å². The molecular weight excluding hydrogens is 306 g/mol. The molecule has 0 aromatic heterocycles.